The van der Waals surface area contributed by atoms with E-state index in [1.807, 2.05) is 42.5 Å². The van der Waals surface area contributed by atoms with Crippen molar-refractivity contribution in [3.63, 3.8) is 0 Å². The highest BCUT2D eigenvalue weighted by Gasteiger charge is 2.38. The summed E-state index contributed by atoms with van der Waals surface area (Å²) in [4.78, 5) is 26.9. The quantitative estimate of drug-likeness (QED) is 0.860. The maximum absolute atomic E-state index is 14.1. The number of anilines is 1. The molecular weight excluding hydrogens is 359 g/mol. The third-order valence-corrected chi connectivity index (χ3v) is 4.54. The Morgan fingerprint density at radius 2 is 1.82 bits per heavy atom. The predicted octanol–water partition coefficient (Wildman–Crippen LogP) is 4.18. The Hall–Kier alpha value is -2.89. The maximum Gasteiger partial charge on any atom is 0.408 e. The zero-order valence-electron chi connectivity index (χ0n) is 16.3. The molecule has 0 spiro atoms. The van der Waals surface area contributed by atoms with Crippen molar-refractivity contribution in [1.82, 2.24) is 5.32 Å². The fourth-order valence-corrected chi connectivity index (χ4v) is 3.38. The number of ether oxygens (including phenoxy) is 1. The summed E-state index contributed by atoms with van der Waals surface area (Å²) in [5.41, 5.74) is 1.56. The molecule has 0 radical (unpaired) electrons. The number of carbonyl (C=O) groups excluding carboxylic acids is 2. The number of alkyl halides is 1. The third kappa shape index (κ3) is 4.32. The van der Waals surface area contributed by atoms with Gasteiger partial charge in [0.05, 0.1) is 6.04 Å². The number of para-hydroxylation sites is 1. The number of benzene rings is 2. The number of nitrogens with one attached hydrogen (secondary N) is 1. The molecule has 0 unspecified atom stereocenters. The molecule has 6 heteroatoms. The van der Waals surface area contributed by atoms with E-state index in [-0.39, 0.29) is 5.91 Å². The molecule has 5 nitrogen and oxygen atoms in total. The normalized spacial score (nSPS) is 17.6. The second-order valence-corrected chi connectivity index (χ2v) is 7.82. The Labute approximate surface area is 164 Å². The fourth-order valence-electron chi connectivity index (χ4n) is 3.38. The topological polar surface area (TPSA) is 58.6 Å². The van der Waals surface area contributed by atoms with E-state index in [0.29, 0.717) is 17.7 Å². The molecule has 0 fully saturated rings. The minimum atomic E-state index is -0.817. The Kier molecular flexibility index (Phi) is 5.68. The van der Waals surface area contributed by atoms with Gasteiger partial charge < -0.3 is 15.0 Å². The zero-order valence-corrected chi connectivity index (χ0v) is 16.3. The molecule has 2 atom stereocenters. The molecule has 2 amide bonds. The number of rotatable bonds is 4. The minimum Gasteiger partial charge on any atom is -0.444 e. The molecule has 0 bridgehead atoms. The molecule has 2 aromatic rings. The number of carbonyl (C=O) groups is 2. The van der Waals surface area contributed by atoms with E-state index in [9.17, 15) is 14.0 Å². The lowest BCUT2D eigenvalue weighted by Gasteiger charge is -2.38. The van der Waals surface area contributed by atoms with Crippen LogP contribution in [0.2, 0.25) is 0 Å². The predicted molar refractivity (Wildman–Crippen MR) is 106 cm³/mol. The number of nitrogens with zero attached hydrogens (tertiary/aromatic N) is 1. The van der Waals surface area contributed by atoms with Gasteiger partial charge in [-0.05, 0) is 38.0 Å². The summed E-state index contributed by atoms with van der Waals surface area (Å²) in [6, 6.07) is 14.9. The SMILES string of the molecule is CC(C)(C)OC(=O)N[C@@H]1Cc2ccccc2N([C@@H](CF)c2ccccc2)C1=O. The van der Waals surface area contributed by atoms with Gasteiger partial charge in [-0.3, -0.25) is 4.79 Å². The van der Waals surface area contributed by atoms with E-state index in [1.165, 1.54) is 4.90 Å². The Morgan fingerprint density at radius 3 is 2.46 bits per heavy atom. The van der Waals surface area contributed by atoms with Crippen molar-refractivity contribution in [2.45, 2.75) is 44.9 Å². The molecule has 0 aliphatic carbocycles. The first-order valence-electron chi connectivity index (χ1n) is 9.31. The molecule has 1 heterocycles. The Morgan fingerprint density at radius 1 is 1.18 bits per heavy atom. The maximum atomic E-state index is 14.1. The second kappa shape index (κ2) is 8.00. The van der Waals surface area contributed by atoms with Crippen LogP contribution in [0.25, 0.3) is 0 Å². The first-order chi connectivity index (χ1) is 13.3. The van der Waals surface area contributed by atoms with Crippen LogP contribution in [0.5, 0.6) is 0 Å². The van der Waals surface area contributed by atoms with Crippen molar-refractivity contribution in [3.8, 4) is 0 Å². The van der Waals surface area contributed by atoms with Crippen LogP contribution in [0.15, 0.2) is 54.6 Å². The second-order valence-electron chi connectivity index (χ2n) is 7.82. The summed E-state index contributed by atoms with van der Waals surface area (Å²) < 4.78 is 19.4. The van der Waals surface area contributed by atoms with Gasteiger partial charge in [0.2, 0.25) is 0 Å². The van der Waals surface area contributed by atoms with Crippen molar-refractivity contribution in [1.29, 1.82) is 0 Å². The first-order valence-corrected chi connectivity index (χ1v) is 9.31. The van der Waals surface area contributed by atoms with Crippen molar-refractivity contribution in [2.75, 3.05) is 11.6 Å². The van der Waals surface area contributed by atoms with Crippen LogP contribution in [0.4, 0.5) is 14.9 Å². The summed E-state index contributed by atoms with van der Waals surface area (Å²) in [6.45, 7) is 4.53. The van der Waals surface area contributed by atoms with Crippen molar-refractivity contribution in [2.24, 2.45) is 0 Å². The molecule has 3 rings (SSSR count). The van der Waals surface area contributed by atoms with E-state index >= 15 is 0 Å². The lowest BCUT2D eigenvalue weighted by Crippen LogP contribution is -2.54. The number of alkyl carbamates (subject to hydrolysis) is 1. The van der Waals surface area contributed by atoms with Crippen molar-refractivity contribution in [3.05, 3.63) is 65.7 Å². The molecule has 0 aromatic heterocycles. The zero-order chi connectivity index (χ0) is 20.3. The van der Waals surface area contributed by atoms with Gasteiger partial charge >= 0.3 is 6.09 Å². The average Bonchev–Trinajstić information content (AvgIpc) is 2.64. The highest BCUT2D eigenvalue weighted by Crippen LogP contribution is 2.35. The Balaban J connectivity index is 1.94. The van der Waals surface area contributed by atoms with Gasteiger partial charge in [0.1, 0.15) is 18.3 Å². The van der Waals surface area contributed by atoms with E-state index in [0.717, 1.165) is 5.56 Å². The van der Waals surface area contributed by atoms with Gasteiger partial charge in [-0.25, -0.2) is 9.18 Å². The molecule has 1 aliphatic rings. The van der Waals surface area contributed by atoms with E-state index in [4.69, 9.17) is 4.74 Å². The van der Waals surface area contributed by atoms with Crippen LogP contribution in [0.1, 0.15) is 37.9 Å². The van der Waals surface area contributed by atoms with Crippen LogP contribution in [-0.2, 0) is 16.0 Å². The smallest absolute Gasteiger partial charge is 0.408 e. The number of hydrogen-bond donors (Lipinski definition) is 1. The van der Waals surface area contributed by atoms with Crippen LogP contribution < -0.4 is 10.2 Å². The van der Waals surface area contributed by atoms with Gasteiger partial charge in [0, 0.05) is 12.1 Å². The van der Waals surface area contributed by atoms with Gasteiger partial charge in [0.15, 0.2) is 0 Å². The monoisotopic (exact) mass is 384 g/mol. The molecule has 2 aromatic carbocycles. The van der Waals surface area contributed by atoms with Crippen molar-refractivity contribution < 1.29 is 18.7 Å². The number of halogens is 1. The van der Waals surface area contributed by atoms with Crippen LogP contribution in [-0.4, -0.2) is 30.3 Å². The number of amides is 2. The molecule has 0 saturated heterocycles. The Bertz CT molecular complexity index is 848. The van der Waals surface area contributed by atoms with E-state index in [2.05, 4.69) is 5.32 Å². The van der Waals surface area contributed by atoms with Crippen LogP contribution in [0.3, 0.4) is 0 Å². The highest BCUT2D eigenvalue weighted by molar-refractivity contribution is 6.02. The molecule has 28 heavy (non-hydrogen) atoms. The lowest BCUT2D eigenvalue weighted by atomic mass is 9.94. The van der Waals surface area contributed by atoms with Gasteiger partial charge in [-0.1, -0.05) is 48.5 Å². The van der Waals surface area contributed by atoms with Gasteiger partial charge in [-0.2, -0.15) is 0 Å². The summed E-state index contributed by atoms with van der Waals surface area (Å²) in [5.74, 6) is -0.351. The van der Waals surface area contributed by atoms with Crippen LogP contribution in [0, 0.1) is 0 Å². The molecule has 1 aliphatic heterocycles. The van der Waals surface area contributed by atoms with Gasteiger partial charge in [-0.15, -0.1) is 0 Å². The van der Waals surface area contributed by atoms with Gasteiger partial charge in [0.25, 0.3) is 5.91 Å². The summed E-state index contributed by atoms with van der Waals surface area (Å²) in [7, 11) is 0. The summed E-state index contributed by atoms with van der Waals surface area (Å²) in [5, 5.41) is 2.65. The lowest BCUT2D eigenvalue weighted by molar-refractivity contribution is -0.121. The number of hydrogen-bond acceptors (Lipinski definition) is 3. The van der Waals surface area contributed by atoms with E-state index in [1.54, 1.807) is 32.9 Å². The average molecular weight is 384 g/mol. The third-order valence-electron chi connectivity index (χ3n) is 4.54. The highest BCUT2D eigenvalue weighted by atomic mass is 19.1. The summed E-state index contributed by atoms with van der Waals surface area (Å²) >= 11 is 0. The fraction of sp³-hybridized carbons (Fsp3) is 0.364. The number of fused-ring (bicyclic) bond motifs is 1. The molecular formula is C22H25FN2O3. The van der Waals surface area contributed by atoms with Crippen molar-refractivity contribution >= 4 is 17.7 Å². The first kappa shape index (κ1) is 19.9. The van der Waals surface area contributed by atoms with Crippen LogP contribution >= 0.6 is 0 Å². The molecule has 1 N–H and O–H groups in total. The van der Waals surface area contributed by atoms with E-state index < -0.39 is 30.5 Å². The largest absolute Gasteiger partial charge is 0.444 e. The molecule has 148 valence electrons. The minimum absolute atomic E-state index is 0.332. The molecule has 0 saturated carbocycles. The standard InChI is InChI=1S/C22H25FN2O3/c1-22(2,3)28-21(27)24-17-13-16-11-7-8-12-18(16)25(20(17)26)19(14-23)15-9-5-4-6-10-15/h4-12,17,19H,13-14H2,1-3H3,(H,24,27)/t17-,19+/m1/s1. The summed E-state index contributed by atoms with van der Waals surface area (Å²) in [6.07, 6.45) is -0.333.